The Kier molecular flexibility index (Phi) is 6.06. The molecule has 0 fully saturated rings. The van der Waals surface area contributed by atoms with Gasteiger partial charge in [-0.25, -0.2) is 13.5 Å². The standard InChI is InChI=1S/C20H15Cl2F2N7O/c21-13-2-1-3-14(22)18(13)31-8-15(17(29-31)19(25)32)27-12-6-4-11(5-7-12)20-28-26-10-30(20)9-16(23)24/h1-8,10,16,27H,9H2,(H2,25,32). The molecule has 0 saturated carbocycles. The summed E-state index contributed by atoms with van der Waals surface area (Å²) in [5.41, 5.74) is 7.40. The molecule has 2 heterocycles. The van der Waals surface area contributed by atoms with Crippen molar-refractivity contribution in [3.8, 4) is 17.1 Å². The van der Waals surface area contributed by atoms with Crippen LogP contribution >= 0.6 is 23.2 Å². The minimum absolute atomic E-state index is 0.0123. The van der Waals surface area contributed by atoms with Crippen molar-refractivity contribution in [3.05, 3.63) is 70.7 Å². The number of nitrogens with zero attached hydrogens (tertiary/aromatic N) is 5. The lowest BCUT2D eigenvalue weighted by molar-refractivity contribution is 0.0996. The van der Waals surface area contributed by atoms with Crippen LogP contribution in [0.1, 0.15) is 10.5 Å². The summed E-state index contributed by atoms with van der Waals surface area (Å²) in [5.74, 6) is -0.429. The van der Waals surface area contributed by atoms with E-state index in [4.69, 9.17) is 28.9 Å². The van der Waals surface area contributed by atoms with E-state index in [1.54, 1.807) is 48.7 Å². The van der Waals surface area contributed by atoms with E-state index in [9.17, 15) is 13.6 Å². The molecular formula is C20H15Cl2F2N7O. The van der Waals surface area contributed by atoms with Crippen molar-refractivity contribution in [1.29, 1.82) is 0 Å². The number of nitrogens with one attached hydrogen (secondary N) is 1. The van der Waals surface area contributed by atoms with Gasteiger partial charge in [-0.15, -0.1) is 10.2 Å². The van der Waals surface area contributed by atoms with Crippen LogP contribution in [-0.4, -0.2) is 36.9 Å². The average molecular weight is 478 g/mol. The number of alkyl halides is 2. The lowest BCUT2D eigenvalue weighted by atomic mass is 10.2. The molecule has 12 heteroatoms. The minimum atomic E-state index is -2.53. The van der Waals surface area contributed by atoms with Crippen molar-refractivity contribution in [2.24, 2.45) is 5.73 Å². The predicted octanol–water partition coefficient (Wildman–Crippen LogP) is 4.55. The third kappa shape index (κ3) is 4.41. The second-order valence-electron chi connectivity index (χ2n) is 6.67. The normalized spacial score (nSPS) is 11.2. The quantitative estimate of drug-likeness (QED) is 0.406. The SMILES string of the molecule is NC(=O)c1nn(-c2c(Cl)cccc2Cl)cc1Nc1ccc(-c2nncn2CC(F)F)cc1. The van der Waals surface area contributed by atoms with Gasteiger partial charge in [0.15, 0.2) is 11.5 Å². The first-order valence-corrected chi connectivity index (χ1v) is 9.96. The number of carbonyl (C=O) groups excluding carboxylic acids is 1. The number of halogens is 4. The van der Waals surface area contributed by atoms with Crippen LogP contribution < -0.4 is 11.1 Å². The summed E-state index contributed by atoms with van der Waals surface area (Å²) >= 11 is 12.5. The van der Waals surface area contributed by atoms with Gasteiger partial charge < -0.3 is 15.6 Å². The molecule has 4 aromatic rings. The van der Waals surface area contributed by atoms with Gasteiger partial charge in [-0.1, -0.05) is 29.3 Å². The fourth-order valence-corrected chi connectivity index (χ4v) is 3.66. The van der Waals surface area contributed by atoms with Gasteiger partial charge in [-0.2, -0.15) is 5.10 Å². The van der Waals surface area contributed by atoms with E-state index in [0.29, 0.717) is 38.5 Å². The number of amides is 1. The van der Waals surface area contributed by atoms with Gasteiger partial charge in [0.1, 0.15) is 12.0 Å². The molecule has 1 amide bonds. The Labute approximate surface area is 190 Å². The Morgan fingerprint density at radius 1 is 1.12 bits per heavy atom. The van der Waals surface area contributed by atoms with Crippen molar-refractivity contribution >= 4 is 40.5 Å². The van der Waals surface area contributed by atoms with Crippen molar-refractivity contribution in [2.75, 3.05) is 5.32 Å². The number of hydrogen-bond acceptors (Lipinski definition) is 5. The van der Waals surface area contributed by atoms with Crippen molar-refractivity contribution in [1.82, 2.24) is 24.5 Å². The highest BCUT2D eigenvalue weighted by molar-refractivity contribution is 6.37. The molecule has 0 bridgehead atoms. The van der Waals surface area contributed by atoms with Crippen LogP contribution in [0, 0.1) is 0 Å². The first-order chi connectivity index (χ1) is 15.3. The van der Waals surface area contributed by atoms with Crippen molar-refractivity contribution in [2.45, 2.75) is 13.0 Å². The Morgan fingerprint density at radius 2 is 1.81 bits per heavy atom. The third-order valence-corrected chi connectivity index (χ3v) is 5.10. The zero-order chi connectivity index (χ0) is 22.8. The number of nitrogens with two attached hydrogens (primary N) is 1. The monoisotopic (exact) mass is 477 g/mol. The van der Waals surface area contributed by atoms with E-state index >= 15 is 0 Å². The van der Waals surface area contributed by atoms with Gasteiger partial charge in [0, 0.05) is 11.3 Å². The second-order valence-corrected chi connectivity index (χ2v) is 7.49. The molecule has 4 rings (SSSR count). The molecule has 0 radical (unpaired) electrons. The molecule has 2 aromatic carbocycles. The summed E-state index contributed by atoms with van der Waals surface area (Å²) < 4.78 is 28.1. The Bertz CT molecular complexity index is 1250. The Morgan fingerprint density at radius 3 is 2.44 bits per heavy atom. The van der Waals surface area contributed by atoms with Gasteiger partial charge >= 0.3 is 0 Å². The van der Waals surface area contributed by atoms with Crippen molar-refractivity contribution in [3.63, 3.8) is 0 Å². The highest BCUT2D eigenvalue weighted by Gasteiger charge is 2.18. The van der Waals surface area contributed by atoms with Crippen LogP contribution in [0.15, 0.2) is 55.0 Å². The molecule has 32 heavy (non-hydrogen) atoms. The number of carbonyl (C=O) groups is 1. The molecular weight excluding hydrogens is 463 g/mol. The van der Waals surface area contributed by atoms with Gasteiger partial charge in [0.2, 0.25) is 0 Å². The van der Waals surface area contributed by atoms with E-state index in [1.807, 2.05) is 0 Å². The maximum atomic E-state index is 12.7. The highest BCUT2D eigenvalue weighted by Crippen LogP contribution is 2.31. The summed E-state index contributed by atoms with van der Waals surface area (Å²) in [6, 6.07) is 11.7. The van der Waals surface area contributed by atoms with E-state index in [-0.39, 0.29) is 5.69 Å². The van der Waals surface area contributed by atoms with Crippen LogP contribution in [0.25, 0.3) is 17.1 Å². The number of para-hydroxylation sites is 1. The molecule has 0 aliphatic heterocycles. The number of hydrogen-bond donors (Lipinski definition) is 2. The Hall–Kier alpha value is -3.50. The summed E-state index contributed by atoms with van der Waals surface area (Å²) in [6.07, 6.45) is 0.266. The molecule has 8 nitrogen and oxygen atoms in total. The largest absolute Gasteiger partial charge is 0.364 e. The van der Waals surface area contributed by atoms with E-state index in [1.165, 1.54) is 15.6 Å². The third-order valence-electron chi connectivity index (χ3n) is 4.49. The van der Waals surface area contributed by atoms with Crippen LogP contribution in [0.5, 0.6) is 0 Å². The van der Waals surface area contributed by atoms with Gasteiger partial charge in [-0.3, -0.25) is 4.79 Å². The maximum absolute atomic E-state index is 12.7. The van der Waals surface area contributed by atoms with Crippen LogP contribution in [-0.2, 0) is 6.54 Å². The second kappa shape index (κ2) is 8.93. The van der Waals surface area contributed by atoms with Crippen LogP contribution in [0.3, 0.4) is 0 Å². The first kappa shape index (κ1) is 21.7. The summed E-state index contributed by atoms with van der Waals surface area (Å²) in [4.78, 5) is 11.9. The molecule has 0 saturated heterocycles. The van der Waals surface area contributed by atoms with Gasteiger partial charge in [0.05, 0.1) is 28.5 Å². The number of primary amides is 1. The number of benzene rings is 2. The summed E-state index contributed by atoms with van der Waals surface area (Å²) in [6.45, 7) is -0.506. The molecule has 0 aliphatic carbocycles. The van der Waals surface area contributed by atoms with Crippen molar-refractivity contribution < 1.29 is 13.6 Å². The number of rotatable bonds is 7. The zero-order valence-corrected chi connectivity index (χ0v) is 17.7. The van der Waals surface area contributed by atoms with E-state index < -0.39 is 18.9 Å². The average Bonchev–Trinajstić information content (AvgIpc) is 3.35. The molecule has 3 N–H and O–H groups in total. The van der Waals surface area contributed by atoms with Gasteiger partial charge in [-0.05, 0) is 36.4 Å². The lowest BCUT2D eigenvalue weighted by Crippen LogP contribution is -2.14. The predicted molar refractivity (Wildman–Crippen MR) is 117 cm³/mol. The molecule has 0 unspecified atom stereocenters. The molecule has 164 valence electrons. The van der Waals surface area contributed by atoms with Crippen LogP contribution in [0.4, 0.5) is 20.2 Å². The zero-order valence-electron chi connectivity index (χ0n) is 16.2. The smallest absolute Gasteiger partial charge is 0.271 e. The minimum Gasteiger partial charge on any atom is -0.364 e. The summed E-state index contributed by atoms with van der Waals surface area (Å²) in [5, 5.41) is 15.6. The van der Waals surface area contributed by atoms with E-state index in [0.717, 1.165) is 0 Å². The highest BCUT2D eigenvalue weighted by atomic mass is 35.5. The Balaban J connectivity index is 1.63. The van der Waals surface area contributed by atoms with E-state index in [2.05, 4.69) is 20.6 Å². The first-order valence-electron chi connectivity index (χ1n) is 9.20. The van der Waals surface area contributed by atoms with Crippen LogP contribution in [0.2, 0.25) is 10.0 Å². The molecule has 0 atom stereocenters. The fourth-order valence-electron chi connectivity index (χ4n) is 3.09. The molecule has 0 aliphatic rings. The van der Waals surface area contributed by atoms with Gasteiger partial charge in [0.25, 0.3) is 12.3 Å². The lowest BCUT2D eigenvalue weighted by Gasteiger charge is -2.08. The number of aromatic nitrogens is 5. The fraction of sp³-hybridized carbons (Fsp3) is 0.100. The number of anilines is 2. The molecule has 0 spiro atoms. The molecule has 2 aromatic heterocycles. The summed E-state index contributed by atoms with van der Waals surface area (Å²) in [7, 11) is 0. The maximum Gasteiger partial charge on any atom is 0.271 e. The topological polar surface area (TPSA) is 104 Å².